The van der Waals surface area contributed by atoms with Gasteiger partial charge >= 0.3 is 0 Å². The van der Waals surface area contributed by atoms with E-state index in [1.807, 2.05) is 33.8 Å². The summed E-state index contributed by atoms with van der Waals surface area (Å²) < 4.78 is 33.9. The number of fused-ring (bicyclic) bond motifs is 1. The Kier molecular flexibility index (Phi) is 5.85. The Bertz CT molecular complexity index is 1280. The van der Waals surface area contributed by atoms with Crippen LogP contribution in [-0.4, -0.2) is 36.7 Å². The number of anilines is 1. The number of benzene rings is 2. The van der Waals surface area contributed by atoms with E-state index in [1.54, 1.807) is 25.1 Å². The predicted octanol–water partition coefficient (Wildman–Crippen LogP) is 4.41. The summed E-state index contributed by atoms with van der Waals surface area (Å²) in [6, 6.07) is 7.39. The SMILES string of the molecule is Cc1nc2cc(NC(=O)C3CCN(S(=O)(=O)c4c(C)c(C)cc(C)c4C)CC3)ccc2o1. The van der Waals surface area contributed by atoms with Crippen molar-refractivity contribution >= 4 is 32.7 Å². The molecule has 0 saturated carbocycles. The van der Waals surface area contributed by atoms with Gasteiger partial charge in [0.05, 0.1) is 4.90 Å². The minimum Gasteiger partial charge on any atom is -0.441 e. The van der Waals surface area contributed by atoms with Crippen molar-refractivity contribution in [1.29, 1.82) is 0 Å². The van der Waals surface area contributed by atoms with Crippen LogP contribution < -0.4 is 5.32 Å². The molecule has 0 radical (unpaired) electrons. The van der Waals surface area contributed by atoms with Crippen LogP contribution in [0.2, 0.25) is 0 Å². The molecule has 0 bridgehead atoms. The van der Waals surface area contributed by atoms with Gasteiger partial charge in [-0.25, -0.2) is 13.4 Å². The second-order valence-electron chi connectivity index (χ2n) is 8.67. The maximum atomic E-state index is 13.4. The largest absolute Gasteiger partial charge is 0.441 e. The van der Waals surface area contributed by atoms with Crippen molar-refractivity contribution in [3.8, 4) is 0 Å². The molecule has 2 aromatic carbocycles. The van der Waals surface area contributed by atoms with Gasteiger partial charge in [0.15, 0.2) is 11.5 Å². The highest BCUT2D eigenvalue weighted by Gasteiger charge is 2.34. The van der Waals surface area contributed by atoms with Crippen LogP contribution in [0.25, 0.3) is 11.1 Å². The van der Waals surface area contributed by atoms with E-state index in [-0.39, 0.29) is 11.8 Å². The fraction of sp³-hybridized carbons (Fsp3) is 0.417. The van der Waals surface area contributed by atoms with E-state index in [9.17, 15) is 13.2 Å². The van der Waals surface area contributed by atoms with Crippen LogP contribution in [0.15, 0.2) is 33.6 Å². The Labute approximate surface area is 188 Å². The number of nitrogens with zero attached hydrogens (tertiary/aromatic N) is 2. The number of sulfonamides is 1. The van der Waals surface area contributed by atoms with E-state index in [0.717, 1.165) is 22.3 Å². The second-order valence-corrected chi connectivity index (χ2v) is 10.5. The Morgan fingerprint density at radius 3 is 2.28 bits per heavy atom. The van der Waals surface area contributed by atoms with Crippen molar-refractivity contribution < 1.29 is 17.6 Å². The second kappa shape index (κ2) is 8.33. The van der Waals surface area contributed by atoms with Crippen LogP contribution in [0, 0.1) is 40.5 Å². The van der Waals surface area contributed by atoms with Crippen molar-refractivity contribution in [3.05, 3.63) is 52.4 Å². The fourth-order valence-electron chi connectivity index (χ4n) is 4.42. The standard InChI is InChI=1S/C24H29N3O4S/c1-14-12-15(2)17(4)23(16(14)3)32(29,30)27-10-8-19(9-11-27)24(28)26-20-6-7-22-21(13-20)25-18(5)31-22/h6-7,12-13,19H,8-11H2,1-5H3,(H,26,28). The van der Waals surface area contributed by atoms with Gasteiger partial charge in [0.2, 0.25) is 15.9 Å². The summed E-state index contributed by atoms with van der Waals surface area (Å²) in [5.74, 6) is 0.240. The molecule has 8 heteroatoms. The summed E-state index contributed by atoms with van der Waals surface area (Å²) in [7, 11) is -3.62. The molecule has 1 aromatic heterocycles. The number of rotatable bonds is 4. The van der Waals surface area contributed by atoms with Crippen LogP contribution in [0.3, 0.4) is 0 Å². The van der Waals surface area contributed by atoms with Crippen molar-refractivity contribution in [2.45, 2.75) is 52.4 Å². The lowest BCUT2D eigenvalue weighted by Gasteiger charge is -2.31. The molecule has 4 rings (SSSR count). The van der Waals surface area contributed by atoms with Gasteiger partial charge in [-0.2, -0.15) is 4.31 Å². The summed E-state index contributed by atoms with van der Waals surface area (Å²) in [5.41, 5.74) is 5.57. The number of hydrogen-bond acceptors (Lipinski definition) is 5. The van der Waals surface area contributed by atoms with Gasteiger partial charge in [0.25, 0.3) is 0 Å². The molecular weight excluding hydrogens is 426 g/mol. The smallest absolute Gasteiger partial charge is 0.243 e. The highest BCUT2D eigenvalue weighted by atomic mass is 32.2. The minimum atomic E-state index is -3.62. The number of carbonyl (C=O) groups excluding carboxylic acids is 1. The zero-order valence-electron chi connectivity index (χ0n) is 19.2. The first kappa shape index (κ1) is 22.5. The Hall–Kier alpha value is -2.71. The predicted molar refractivity (Wildman–Crippen MR) is 124 cm³/mol. The molecular formula is C24H29N3O4S. The lowest BCUT2D eigenvalue weighted by molar-refractivity contribution is -0.120. The number of nitrogens with one attached hydrogen (secondary N) is 1. The molecule has 0 atom stereocenters. The van der Waals surface area contributed by atoms with Crippen LogP contribution in [0.4, 0.5) is 5.69 Å². The van der Waals surface area contributed by atoms with Gasteiger partial charge in [-0.15, -0.1) is 0 Å². The van der Waals surface area contributed by atoms with Crippen molar-refractivity contribution in [2.75, 3.05) is 18.4 Å². The average molecular weight is 456 g/mol. The van der Waals surface area contributed by atoms with Crippen LogP contribution in [0.5, 0.6) is 0 Å². The number of amides is 1. The molecule has 7 nitrogen and oxygen atoms in total. The van der Waals surface area contributed by atoms with Gasteiger partial charge in [-0.1, -0.05) is 6.07 Å². The summed E-state index contributed by atoms with van der Waals surface area (Å²) in [5, 5.41) is 2.94. The Morgan fingerprint density at radius 2 is 1.66 bits per heavy atom. The molecule has 0 spiro atoms. The van der Waals surface area contributed by atoms with Crippen LogP contribution in [0.1, 0.15) is 41.0 Å². The van der Waals surface area contributed by atoms with Gasteiger partial charge in [0.1, 0.15) is 5.52 Å². The maximum absolute atomic E-state index is 13.4. The average Bonchev–Trinajstić information content (AvgIpc) is 3.11. The summed E-state index contributed by atoms with van der Waals surface area (Å²) in [6.07, 6.45) is 0.971. The molecule has 1 fully saturated rings. The number of aromatic nitrogens is 1. The third-order valence-electron chi connectivity index (χ3n) is 6.48. The third-order valence-corrected chi connectivity index (χ3v) is 8.66. The first-order chi connectivity index (χ1) is 15.1. The van der Waals surface area contributed by atoms with Gasteiger partial charge in [-0.3, -0.25) is 4.79 Å². The maximum Gasteiger partial charge on any atom is 0.243 e. The molecule has 1 amide bonds. The van der Waals surface area contributed by atoms with Crippen molar-refractivity contribution in [1.82, 2.24) is 9.29 Å². The Morgan fingerprint density at radius 1 is 1.03 bits per heavy atom. The van der Waals surface area contributed by atoms with Gasteiger partial charge in [0, 0.05) is 31.6 Å². The number of carbonyl (C=O) groups is 1. The lowest BCUT2D eigenvalue weighted by Crippen LogP contribution is -2.41. The molecule has 170 valence electrons. The van der Waals surface area contributed by atoms with E-state index in [4.69, 9.17) is 4.42 Å². The molecule has 1 saturated heterocycles. The first-order valence-electron chi connectivity index (χ1n) is 10.8. The third kappa shape index (κ3) is 4.04. The zero-order valence-corrected chi connectivity index (χ0v) is 20.0. The first-order valence-corrected chi connectivity index (χ1v) is 12.3. The summed E-state index contributed by atoms with van der Waals surface area (Å²) >= 11 is 0. The zero-order chi connectivity index (χ0) is 23.2. The summed E-state index contributed by atoms with van der Waals surface area (Å²) in [4.78, 5) is 17.5. The number of oxazole rings is 1. The number of aryl methyl sites for hydroxylation is 3. The summed E-state index contributed by atoms with van der Waals surface area (Å²) in [6.45, 7) is 10.0. The van der Waals surface area contributed by atoms with Gasteiger partial charge in [-0.05, 0) is 81.0 Å². The monoisotopic (exact) mass is 455 g/mol. The number of piperidine rings is 1. The van der Waals surface area contributed by atoms with Crippen molar-refractivity contribution in [2.24, 2.45) is 5.92 Å². The molecule has 0 aliphatic carbocycles. The normalized spacial score (nSPS) is 15.9. The van der Waals surface area contributed by atoms with E-state index in [1.165, 1.54) is 4.31 Å². The molecule has 32 heavy (non-hydrogen) atoms. The van der Waals surface area contributed by atoms with Crippen LogP contribution >= 0.6 is 0 Å². The van der Waals surface area contributed by atoms with E-state index < -0.39 is 10.0 Å². The molecule has 1 aliphatic heterocycles. The quantitative estimate of drug-likeness (QED) is 0.629. The highest BCUT2D eigenvalue weighted by Crippen LogP contribution is 2.31. The fourth-order valence-corrected chi connectivity index (χ4v) is 6.47. The van der Waals surface area contributed by atoms with E-state index in [2.05, 4.69) is 10.3 Å². The Balaban J connectivity index is 1.46. The van der Waals surface area contributed by atoms with E-state index >= 15 is 0 Å². The molecule has 3 aromatic rings. The number of hydrogen-bond donors (Lipinski definition) is 1. The highest BCUT2D eigenvalue weighted by molar-refractivity contribution is 7.89. The molecule has 1 N–H and O–H groups in total. The molecule has 1 aliphatic rings. The minimum absolute atomic E-state index is 0.0969. The van der Waals surface area contributed by atoms with Crippen molar-refractivity contribution in [3.63, 3.8) is 0 Å². The topological polar surface area (TPSA) is 92.5 Å². The van der Waals surface area contributed by atoms with Gasteiger partial charge < -0.3 is 9.73 Å². The lowest BCUT2D eigenvalue weighted by atomic mass is 9.97. The molecule has 0 unspecified atom stereocenters. The van der Waals surface area contributed by atoms with Crippen LogP contribution in [-0.2, 0) is 14.8 Å². The molecule has 2 heterocycles. The van der Waals surface area contributed by atoms with E-state index in [0.29, 0.717) is 53.5 Å².